The predicted octanol–water partition coefficient (Wildman–Crippen LogP) is 2.21. The van der Waals surface area contributed by atoms with E-state index < -0.39 is 5.97 Å². The Kier molecular flexibility index (Phi) is 2.32. The molecule has 11 heavy (non-hydrogen) atoms. The van der Waals surface area contributed by atoms with Gasteiger partial charge < -0.3 is 5.11 Å². The highest BCUT2D eigenvalue weighted by atomic mass is 16.4. The average molecular weight is 154 g/mol. The molecule has 1 aliphatic carbocycles. The molecule has 2 heteroatoms. The summed E-state index contributed by atoms with van der Waals surface area (Å²) in [5.41, 5.74) is 2.64. The second kappa shape index (κ2) is 3.07. The summed E-state index contributed by atoms with van der Waals surface area (Å²) in [5, 5.41) is 8.69. The maximum absolute atomic E-state index is 10.5. The fourth-order valence-corrected chi connectivity index (χ4v) is 1.51. The van der Waals surface area contributed by atoms with Gasteiger partial charge in [0.15, 0.2) is 0 Å². The Hall–Kier alpha value is -0.790. The van der Waals surface area contributed by atoms with Crippen molar-refractivity contribution in [3.05, 3.63) is 11.1 Å². The molecule has 1 rings (SSSR count). The Morgan fingerprint density at radius 3 is 2.45 bits per heavy atom. The minimum atomic E-state index is -0.638. The molecule has 1 fully saturated rings. The second-order valence-electron chi connectivity index (χ2n) is 3.38. The Labute approximate surface area is 66.9 Å². The van der Waals surface area contributed by atoms with Crippen LogP contribution in [0, 0.1) is 5.92 Å². The molecule has 0 aromatic carbocycles. The lowest BCUT2D eigenvalue weighted by Crippen LogP contribution is -2.08. The van der Waals surface area contributed by atoms with Crippen LogP contribution < -0.4 is 0 Å². The minimum absolute atomic E-state index is 0.111. The van der Waals surface area contributed by atoms with Crippen molar-refractivity contribution in [1.82, 2.24) is 0 Å². The van der Waals surface area contributed by atoms with E-state index >= 15 is 0 Å². The third-order valence-electron chi connectivity index (χ3n) is 2.34. The molecule has 1 N–H and O–H groups in total. The van der Waals surface area contributed by atoms with Gasteiger partial charge in [-0.3, -0.25) is 4.79 Å². The van der Waals surface area contributed by atoms with Crippen molar-refractivity contribution >= 4 is 5.97 Å². The molecule has 0 heterocycles. The molecule has 0 radical (unpaired) electrons. The number of hydrogen-bond donors (Lipinski definition) is 1. The molecular weight excluding hydrogens is 140 g/mol. The van der Waals surface area contributed by atoms with Gasteiger partial charge in [-0.1, -0.05) is 11.1 Å². The Morgan fingerprint density at radius 2 is 2.18 bits per heavy atom. The summed E-state index contributed by atoms with van der Waals surface area (Å²) in [6.45, 7) is 4.11. The lowest BCUT2D eigenvalue weighted by Gasteiger charge is -2.00. The van der Waals surface area contributed by atoms with Crippen molar-refractivity contribution in [2.75, 3.05) is 0 Å². The SMILES string of the molecule is CC(C)=C1CCC(C(=O)O)C1. The number of carboxylic acid groups (broad SMARTS) is 1. The van der Waals surface area contributed by atoms with E-state index in [0.717, 1.165) is 19.3 Å². The Balaban J connectivity index is 2.61. The molecule has 1 saturated carbocycles. The van der Waals surface area contributed by atoms with Crippen molar-refractivity contribution in [3.63, 3.8) is 0 Å². The maximum atomic E-state index is 10.5. The third-order valence-corrected chi connectivity index (χ3v) is 2.34. The quantitative estimate of drug-likeness (QED) is 0.588. The molecular formula is C9H14O2. The van der Waals surface area contributed by atoms with Crippen LogP contribution >= 0.6 is 0 Å². The average Bonchev–Trinajstić information content (AvgIpc) is 2.33. The molecule has 0 aromatic heterocycles. The first-order chi connectivity index (χ1) is 5.11. The van der Waals surface area contributed by atoms with Gasteiger partial charge in [-0.05, 0) is 33.1 Å². The zero-order valence-corrected chi connectivity index (χ0v) is 7.05. The van der Waals surface area contributed by atoms with Crippen LogP contribution in [0.2, 0.25) is 0 Å². The summed E-state index contributed by atoms with van der Waals surface area (Å²) in [6.07, 6.45) is 2.59. The lowest BCUT2D eigenvalue weighted by atomic mass is 10.1. The van der Waals surface area contributed by atoms with Gasteiger partial charge in [-0.15, -0.1) is 0 Å². The molecule has 62 valence electrons. The molecule has 1 atom stereocenters. The minimum Gasteiger partial charge on any atom is -0.481 e. The Morgan fingerprint density at radius 1 is 1.55 bits per heavy atom. The molecule has 0 saturated heterocycles. The lowest BCUT2D eigenvalue weighted by molar-refractivity contribution is -0.141. The van der Waals surface area contributed by atoms with E-state index in [0.29, 0.717) is 0 Å². The van der Waals surface area contributed by atoms with Gasteiger partial charge in [-0.2, -0.15) is 0 Å². The van der Waals surface area contributed by atoms with Gasteiger partial charge in [0, 0.05) is 0 Å². The van der Waals surface area contributed by atoms with E-state index in [1.807, 2.05) is 0 Å². The van der Waals surface area contributed by atoms with Crippen molar-refractivity contribution < 1.29 is 9.90 Å². The molecule has 0 bridgehead atoms. The zero-order valence-electron chi connectivity index (χ0n) is 7.05. The molecule has 1 unspecified atom stereocenters. The summed E-state index contributed by atoms with van der Waals surface area (Å²) in [4.78, 5) is 10.5. The summed E-state index contributed by atoms with van der Waals surface area (Å²) >= 11 is 0. The van der Waals surface area contributed by atoms with Crippen LogP contribution in [0.5, 0.6) is 0 Å². The highest BCUT2D eigenvalue weighted by molar-refractivity contribution is 5.71. The largest absolute Gasteiger partial charge is 0.481 e. The molecule has 0 aliphatic heterocycles. The van der Waals surface area contributed by atoms with Crippen LogP contribution in [-0.2, 0) is 4.79 Å². The van der Waals surface area contributed by atoms with Crippen LogP contribution in [0.4, 0.5) is 0 Å². The second-order valence-corrected chi connectivity index (χ2v) is 3.38. The van der Waals surface area contributed by atoms with Gasteiger partial charge in [0.05, 0.1) is 5.92 Å². The molecule has 1 aliphatic rings. The van der Waals surface area contributed by atoms with Crippen molar-refractivity contribution in [2.24, 2.45) is 5.92 Å². The highest BCUT2D eigenvalue weighted by Gasteiger charge is 2.25. The summed E-state index contributed by atoms with van der Waals surface area (Å²) in [6, 6.07) is 0. The van der Waals surface area contributed by atoms with Gasteiger partial charge in [0.2, 0.25) is 0 Å². The smallest absolute Gasteiger partial charge is 0.306 e. The summed E-state index contributed by atoms with van der Waals surface area (Å²) in [7, 11) is 0. The summed E-state index contributed by atoms with van der Waals surface area (Å²) in [5.74, 6) is -0.749. The van der Waals surface area contributed by atoms with Gasteiger partial charge in [0.1, 0.15) is 0 Å². The van der Waals surface area contributed by atoms with Crippen molar-refractivity contribution in [1.29, 1.82) is 0 Å². The van der Waals surface area contributed by atoms with Crippen LogP contribution in [0.1, 0.15) is 33.1 Å². The molecule has 2 nitrogen and oxygen atoms in total. The number of carboxylic acids is 1. The third kappa shape index (κ3) is 1.82. The van der Waals surface area contributed by atoms with Crippen molar-refractivity contribution in [3.8, 4) is 0 Å². The Bertz CT molecular complexity index is 200. The first-order valence-electron chi connectivity index (χ1n) is 3.99. The van der Waals surface area contributed by atoms with Crippen LogP contribution in [0.25, 0.3) is 0 Å². The van der Waals surface area contributed by atoms with E-state index in [2.05, 4.69) is 13.8 Å². The predicted molar refractivity (Wildman–Crippen MR) is 43.4 cm³/mol. The van der Waals surface area contributed by atoms with E-state index in [-0.39, 0.29) is 5.92 Å². The number of aliphatic carboxylic acids is 1. The normalized spacial score (nSPS) is 23.8. The van der Waals surface area contributed by atoms with Crippen LogP contribution in [-0.4, -0.2) is 11.1 Å². The van der Waals surface area contributed by atoms with Gasteiger partial charge in [-0.25, -0.2) is 0 Å². The zero-order chi connectivity index (χ0) is 8.43. The van der Waals surface area contributed by atoms with E-state index in [1.165, 1.54) is 11.1 Å². The maximum Gasteiger partial charge on any atom is 0.306 e. The number of hydrogen-bond acceptors (Lipinski definition) is 1. The van der Waals surface area contributed by atoms with E-state index in [9.17, 15) is 4.79 Å². The number of rotatable bonds is 1. The first-order valence-corrected chi connectivity index (χ1v) is 3.99. The van der Waals surface area contributed by atoms with Crippen LogP contribution in [0.15, 0.2) is 11.1 Å². The standard InChI is InChI=1S/C9H14O2/c1-6(2)7-3-4-8(5-7)9(10)11/h8H,3-5H2,1-2H3,(H,10,11). The van der Waals surface area contributed by atoms with E-state index in [1.54, 1.807) is 0 Å². The fraction of sp³-hybridized carbons (Fsp3) is 0.667. The fourth-order valence-electron chi connectivity index (χ4n) is 1.51. The topological polar surface area (TPSA) is 37.3 Å². The highest BCUT2D eigenvalue weighted by Crippen LogP contribution is 2.32. The monoisotopic (exact) mass is 154 g/mol. The molecule has 0 spiro atoms. The molecule has 0 amide bonds. The number of allylic oxidation sites excluding steroid dienone is 2. The van der Waals surface area contributed by atoms with Crippen molar-refractivity contribution in [2.45, 2.75) is 33.1 Å². The van der Waals surface area contributed by atoms with E-state index in [4.69, 9.17) is 5.11 Å². The van der Waals surface area contributed by atoms with Gasteiger partial charge in [0.25, 0.3) is 0 Å². The molecule has 0 aromatic rings. The summed E-state index contributed by atoms with van der Waals surface area (Å²) < 4.78 is 0. The number of carbonyl (C=O) groups is 1. The first kappa shape index (κ1) is 8.31. The van der Waals surface area contributed by atoms with Crippen LogP contribution in [0.3, 0.4) is 0 Å². The van der Waals surface area contributed by atoms with Gasteiger partial charge >= 0.3 is 5.97 Å².